The van der Waals surface area contributed by atoms with Gasteiger partial charge in [-0.1, -0.05) is 12.1 Å². The summed E-state index contributed by atoms with van der Waals surface area (Å²) in [4.78, 5) is 6.99. The van der Waals surface area contributed by atoms with Crippen LogP contribution in [0.5, 0.6) is 5.75 Å². The van der Waals surface area contributed by atoms with E-state index in [4.69, 9.17) is 4.74 Å². The summed E-state index contributed by atoms with van der Waals surface area (Å²) in [7, 11) is 3.57. The van der Waals surface area contributed by atoms with Crippen molar-refractivity contribution >= 4 is 17.7 Å². The number of likely N-dealkylation sites (tertiary alicyclic amines) is 1. The lowest BCUT2D eigenvalue weighted by molar-refractivity contribution is 0.245. The van der Waals surface area contributed by atoms with Crippen LogP contribution in [0.25, 0.3) is 0 Å². The van der Waals surface area contributed by atoms with Crippen LogP contribution >= 0.6 is 11.8 Å². The normalized spacial score (nSPS) is 22.4. The predicted octanol–water partition coefficient (Wildman–Crippen LogP) is 2.89. The van der Waals surface area contributed by atoms with Crippen molar-refractivity contribution in [1.82, 2.24) is 15.5 Å². The Morgan fingerprint density at radius 2 is 2.00 bits per heavy atom. The molecule has 2 N–H and O–H groups in total. The highest BCUT2D eigenvalue weighted by molar-refractivity contribution is 8.00. The maximum absolute atomic E-state index is 5.31. The van der Waals surface area contributed by atoms with E-state index in [1.807, 2.05) is 7.05 Å². The maximum atomic E-state index is 5.31. The second-order valence-electron chi connectivity index (χ2n) is 7.00. The topological polar surface area (TPSA) is 48.9 Å². The third-order valence-corrected chi connectivity index (χ3v) is 6.69. The summed E-state index contributed by atoms with van der Waals surface area (Å²) in [6.45, 7) is 4.21. The van der Waals surface area contributed by atoms with Gasteiger partial charge in [0, 0.05) is 25.4 Å². The smallest absolute Gasteiger partial charge is 0.191 e. The molecule has 2 unspecified atom stereocenters. The highest BCUT2D eigenvalue weighted by Gasteiger charge is 2.24. The first-order chi connectivity index (χ1) is 12.8. The van der Waals surface area contributed by atoms with Crippen LogP contribution in [0.1, 0.15) is 37.3 Å². The molecule has 0 aromatic heterocycles. The molecule has 1 aromatic carbocycles. The average Bonchev–Trinajstić information content (AvgIpc) is 3.39. The number of hydrogen-bond donors (Lipinski definition) is 2. The van der Waals surface area contributed by atoms with Gasteiger partial charge in [0.05, 0.1) is 13.2 Å². The van der Waals surface area contributed by atoms with Gasteiger partial charge in [-0.25, -0.2) is 0 Å². The number of hydrogen-bond acceptors (Lipinski definition) is 4. The molecule has 5 nitrogen and oxygen atoms in total. The van der Waals surface area contributed by atoms with Gasteiger partial charge in [-0.05, 0) is 62.2 Å². The molecule has 0 radical (unpaired) electrons. The molecule has 3 rings (SSSR count). The van der Waals surface area contributed by atoms with Gasteiger partial charge in [-0.2, -0.15) is 11.8 Å². The van der Waals surface area contributed by atoms with Crippen LogP contribution in [0.3, 0.4) is 0 Å². The number of rotatable bonds is 7. The fourth-order valence-electron chi connectivity index (χ4n) is 3.77. The molecule has 26 heavy (non-hydrogen) atoms. The average molecular weight is 377 g/mol. The molecule has 2 fully saturated rings. The van der Waals surface area contributed by atoms with Gasteiger partial charge in [0.25, 0.3) is 0 Å². The molecule has 2 saturated heterocycles. The number of nitrogens with one attached hydrogen (secondary N) is 2. The van der Waals surface area contributed by atoms with Crippen molar-refractivity contribution in [3.63, 3.8) is 0 Å². The third-order valence-electron chi connectivity index (χ3n) is 5.29. The summed E-state index contributed by atoms with van der Waals surface area (Å²) >= 11 is 2.07. The molecule has 0 bridgehead atoms. The Labute approximate surface area is 162 Å². The van der Waals surface area contributed by atoms with Crippen LogP contribution in [-0.2, 0) is 0 Å². The zero-order valence-electron chi connectivity index (χ0n) is 16.0. The van der Waals surface area contributed by atoms with Crippen LogP contribution < -0.4 is 15.4 Å². The summed E-state index contributed by atoms with van der Waals surface area (Å²) in [6.07, 6.45) is 5.24. The summed E-state index contributed by atoms with van der Waals surface area (Å²) in [6, 6.07) is 8.86. The molecular formula is C20H32N4OS. The lowest BCUT2D eigenvalue weighted by Gasteiger charge is -2.29. The second-order valence-corrected chi connectivity index (χ2v) is 8.41. The number of ether oxygens (including phenoxy) is 1. The molecule has 1 aromatic rings. The quantitative estimate of drug-likeness (QED) is 0.566. The number of thioether (sulfide) groups is 1. The highest BCUT2D eigenvalue weighted by Crippen LogP contribution is 2.27. The van der Waals surface area contributed by atoms with E-state index in [0.717, 1.165) is 30.0 Å². The van der Waals surface area contributed by atoms with E-state index in [9.17, 15) is 0 Å². The van der Waals surface area contributed by atoms with Gasteiger partial charge in [-0.15, -0.1) is 0 Å². The zero-order chi connectivity index (χ0) is 18.2. The van der Waals surface area contributed by atoms with Gasteiger partial charge in [0.15, 0.2) is 5.96 Å². The monoisotopic (exact) mass is 376 g/mol. The van der Waals surface area contributed by atoms with Gasteiger partial charge >= 0.3 is 0 Å². The minimum atomic E-state index is 0.364. The maximum Gasteiger partial charge on any atom is 0.191 e. The molecule has 0 saturated carbocycles. The van der Waals surface area contributed by atoms with Crippen LogP contribution in [0.15, 0.2) is 29.3 Å². The molecular weight excluding hydrogens is 344 g/mol. The lowest BCUT2D eigenvalue weighted by Crippen LogP contribution is -2.44. The SMILES string of the molecule is CN=C(NCC1CCCS1)NCC(c1ccc(OC)cc1)N1CCCC1. The first-order valence-corrected chi connectivity index (χ1v) is 10.8. The van der Waals surface area contributed by atoms with Crippen molar-refractivity contribution in [2.24, 2.45) is 4.99 Å². The number of methoxy groups -OCH3 is 1. The molecule has 2 atom stereocenters. The third kappa shape index (κ3) is 5.30. The van der Waals surface area contributed by atoms with E-state index in [-0.39, 0.29) is 0 Å². The van der Waals surface area contributed by atoms with E-state index in [2.05, 4.69) is 56.6 Å². The van der Waals surface area contributed by atoms with E-state index < -0.39 is 0 Å². The highest BCUT2D eigenvalue weighted by atomic mass is 32.2. The molecule has 2 heterocycles. The zero-order valence-corrected chi connectivity index (χ0v) is 16.9. The fraction of sp³-hybridized carbons (Fsp3) is 0.650. The Morgan fingerprint density at radius 3 is 2.62 bits per heavy atom. The van der Waals surface area contributed by atoms with Crippen molar-refractivity contribution in [3.05, 3.63) is 29.8 Å². The first kappa shape index (κ1) is 19.4. The molecule has 0 aliphatic carbocycles. The minimum Gasteiger partial charge on any atom is -0.497 e. The van der Waals surface area contributed by atoms with E-state index in [0.29, 0.717) is 6.04 Å². The Hall–Kier alpha value is -1.40. The summed E-state index contributed by atoms with van der Waals surface area (Å²) in [5, 5.41) is 7.79. The van der Waals surface area contributed by atoms with Gasteiger partial charge in [0.2, 0.25) is 0 Å². The number of aliphatic imine (C=N–C) groups is 1. The van der Waals surface area contributed by atoms with Crippen LogP contribution in [0.4, 0.5) is 0 Å². The summed E-state index contributed by atoms with van der Waals surface area (Å²) in [5.74, 6) is 3.12. The lowest BCUT2D eigenvalue weighted by atomic mass is 10.1. The van der Waals surface area contributed by atoms with Crippen molar-refractivity contribution in [2.45, 2.75) is 37.0 Å². The van der Waals surface area contributed by atoms with E-state index >= 15 is 0 Å². The molecule has 0 amide bonds. The Morgan fingerprint density at radius 1 is 1.23 bits per heavy atom. The fourth-order valence-corrected chi connectivity index (χ4v) is 4.97. The molecule has 2 aliphatic heterocycles. The standard InChI is InChI=1S/C20H32N4OS/c1-21-20(22-14-18-6-5-13-26-18)23-15-19(24-11-3-4-12-24)16-7-9-17(25-2)10-8-16/h7-10,18-19H,3-6,11-15H2,1-2H3,(H2,21,22,23). The number of nitrogens with zero attached hydrogens (tertiary/aromatic N) is 2. The van der Waals surface area contributed by atoms with Crippen LogP contribution in [0, 0.1) is 0 Å². The minimum absolute atomic E-state index is 0.364. The van der Waals surface area contributed by atoms with Gasteiger partial charge in [-0.3, -0.25) is 9.89 Å². The second kappa shape index (κ2) is 10.1. The number of guanidine groups is 1. The van der Waals surface area contributed by atoms with E-state index in [1.54, 1.807) is 7.11 Å². The van der Waals surface area contributed by atoms with E-state index in [1.165, 1.54) is 50.1 Å². The van der Waals surface area contributed by atoms with Gasteiger partial charge < -0.3 is 15.4 Å². The Bertz CT molecular complexity index is 566. The van der Waals surface area contributed by atoms with Crippen LogP contribution in [-0.4, -0.2) is 62.2 Å². The first-order valence-electron chi connectivity index (χ1n) is 9.74. The van der Waals surface area contributed by atoms with Crippen molar-refractivity contribution in [3.8, 4) is 5.75 Å². The molecule has 0 spiro atoms. The van der Waals surface area contributed by atoms with Gasteiger partial charge in [0.1, 0.15) is 5.75 Å². The Kier molecular flexibility index (Phi) is 7.50. The summed E-state index contributed by atoms with van der Waals surface area (Å²) < 4.78 is 5.31. The number of benzene rings is 1. The molecule has 2 aliphatic rings. The molecule has 144 valence electrons. The Balaban J connectivity index is 1.58. The van der Waals surface area contributed by atoms with Crippen molar-refractivity contribution < 1.29 is 4.74 Å². The van der Waals surface area contributed by atoms with Crippen molar-refractivity contribution in [2.75, 3.05) is 46.1 Å². The van der Waals surface area contributed by atoms with Crippen LogP contribution in [0.2, 0.25) is 0 Å². The van der Waals surface area contributed by atoms with Crippen molar-refractivity contribution in [1.29, 1.82) is 0 Å². The predicted molar refractivity (Wildman–Crippen MR) is 111 cm³/mol. The molecule has 6 heteroatoms. The largest absolute Gasteiger partial charge is 0.497 e. The summed E-state index contributed by atoms with van der Waals surface area (Å²) in [5.41, 5.74) is 1.34.